The number of hydrogen-bond donors (Lipinski definition) is 1. The average molecular weight is 420 g/mol. The fourth-order valence-electron chi connectivity index (χ4n) is 4.60. The molecule has 31 heavy (non-hydrogen) atoms. The Balaban J connectivity index is 1.34. The van der Waals surface area contributed by atoms with Gasteiger partial charge in [-0.25, -0.2) is 0 Å². The van der Waals surface area contributed by atoms with Crippen molar-refractivity contribution in [1.29, 1.82) is 0 Å². The molecular weight excluding hydrogens is 386 g/mol. The number of carbonyl (C=O) groups excluding carboxylic acids is 2. The zero-order valence-electron chi connectivity index (χ0n) is 18.6. The Morgan fingerprint density at radius 2 is 1.71 bits per heavy atom. The Bertz CT molecular complexity index is 917. The molecule has 0 bridgehead atoms. The lowest BCUT2D eigenvalue weighted by Crippen LogP contribution is -2.43. The molecule has 0 aliphatic carbocycles. The molecule has 4 rings (SSSR count). The van der Waals surface area contributed by atoms with Gasteiger partial charge in [-0.1, -0.05) is 24.6 Å². The summed E-state index contributed by atoms with van der Waals surface area (Å²) in [5.74, 6) is 0.649. The molecule has 0 unspecified atom stereocenters. The van der Waals surface area contributed by atoms with Crippen LogP contribution in [0.4, 0.5) is 11.4 Å². The number of carbonyl (C=O) groups is 2. The highest BCUT2D eigenvalue weighted by Crippen LogP contribution is 2.25. The zero-order valence-corrected chi connectivity index (χ0v) is 18.6. The van der Waals surface area contributed by atoms with Gasteiger partial charge < -0.3 is 15.1 Å². The van der Waals surface area contributed by atoms with Gasteiger partial charge in [-0.05, 0) is 74.9 Å². The third-order valence-electron chi connectivity index (χ3n) is 6.63. The van der Waals surface area contributed by atoms with Crippen molar-refractivity contribution >= 4 is 23.2 Å². The van der Waals surface area contributed by atoms with E-state index in [1.54, 1.807) is 0 Å². The van der Waals surface area contributed by atoms with Gasteiger partial charge in [0.15, 0.2) is 0 Å². The van der Waals surface area contributed by atoms with E-state index in [4.69, 9.17) is 0 Å². The maximum absolute atomic E-state index is 12.9. The lowest BCUT2D eigenvalue weighted by molar-refractivity contribution is -0.121. The van der Waals surface area contributed by atoms with E-state index in [-0.39, 0.29) is 17.7 Å². The van der Waals surface area contributed by atoms with Crippen LogP contribution in [0.25, 0.3) is 0 Å². The summed E-state index contributed by atoms with van der Waals surface area (Å²) in [6, 6.07) is 15.8. The molecule has 2 heterocycles. The fraction of sp³-hybridized carbons (Fsp3) is 0.462. The van der Waals surface area contributed by atoms with Crippen LogP contribution in [-0.2, 0) is 4.79 Å². The van der Waals surface area contributed by atoms with E-state index in [0.29, 0.717) is 18.7 Å². The van der Waals surface area contributed by atoms with Crippen molar-refractivity contribution in [2.45, 2.75) is 39.5 Å². The molecule has 2 aromatic rings. The van der Waals surface area contributed by atoms with Crippen molar-refractivity contribution in [3.63, 3.8) is 0 Å². The van der Waals surface area contributed by atoms with Crippen molar-refractivity contribution in [1.82, 2.24) is 4.90 Å². The lowest BCUT2D eigenvalue weighted by Gasteiger charge is -2.33. The number of benzene rings is 2. The first-order valence-corrected chi connectivity index (χ1v) is 11.5. The third kappa shape index (κ3) is 5.27. The van der Waals surface area contributed by atoms with E-state index >= 15 is 0 Å². The van der Waals surface area contributed by atoms with Crippen LogP contribution in [0.2, 0.25) is 0 Å². The summed E-state index contributed by atoms with van der Waals surface area (Å²) in [7, 11) is 0. The van der Waals surface area contributed by atoms with Crippen LogP contribution in [0.5, 0.6) is 0 Å². The van der Waals surface area contributed by atoms with Gasteiger partial charge >= 0.3 is 0 Å². The molecule has 1 atom stereocenters. The number of piperidine rings is 2. The van der Waals surface area contributed by atoms with E-state index in [1.165, 1.54) is 18.5 Å². The van der Waals surface area contributed by atoms with Crippen LogP contribution in [0.3, 0.4) is 0 Å². The number of amides is 2. The third-order valence-corrected chi connectivity index (χ3v) is 6.63. The van der Waals surface area contributed by atoms with Crippen molar-refractivity contribution < 1.29 is 9.59 Å². The highest BCUT2D eigenvalue weighted by molar-refractivity contribution is 5.96. The Morgan fingerprint density at radius 3 is 2.42 bits per heavy atom. The molecule has 0 radical (unpaired) electrons. The number of anilines is 2. The number of nitrogens with one attached hydrogen (secondary N) is 1. The molecule has 5 heteroatoms. The largest absolute Gasteiger partial charge is 0.372 e. The molecule has 164 valence electrons. The van der Waals surface area contributed by atoms with Crippen molar-refractivity contribution in [2.24, 2.45) is 11.8 Å². The van der Waals surface area contributed by atoms with Crippen LogP contribution in [-0.4, -0.2) is 42.9 Å². The van der Waals surface area contributed by atoms with Gasteiger partial charge in [-0.15, -0.1) is 0 Å². The van der Waals surface area contributed by atoms with Gasteiger partial charge in [0.25, 0.3) is 5.91 Å². The highest BCUT2D eigenvalue weighted by atomic mass is 16.2. The van der Waals surface area contributed by atoms with Gasteiger partial charge in [0, 0.05) is 43.1 Å². The quantitative estimate of drug-likeness (QED) is 0.780. The van der Waals surface area contributed by atoms with Crippen LogP contribution in [0, 0.1) is 18.8 Å². The number of nitrogens with zero attached hydrogens (tertiary/aromatic N) is 2. The summed E-state index contributed by atoms with van der Waals surface area (Å²) in [4.78, 5) is 30.0. The predicted molar refractivity (Wildman–Crippen MR) is 125 cm³/mol. The summed E-state index contributed by atoms with van der Waals surface area (Å²) in [6.07, 6.45) is 4.13. The summed E-state index contributed by atoms with van der Waals surface area (Å²) in [5.41, 5.74) is 3.81. The number of aryl methyl sites for hydroxylation is 1. The molecule has 0 spiro atoms. The predicted octanol–water partition coefficient (Wildman–Crippen LogP) is 4.72. The number of hydrogen-bond acceptors (Lipinski definition) is 3. The zero-order chi connectivity index (χ0) is 21.8. The Morgan fingerprint density at radius 1 is 0.968 bits per heavy atom. The normalized spacial score (nSPS) is 19.9. The Hall–Kier alpha value is -2.82. The smallest absolute Gasteiger partial charge is 0.253 e. The second kappa shape index (κ2) is 9.54. The SMILES string of the molecule is Cc1cccc(C(=O)N2CCC[C@@H](C(=O)Nc3ccc(N4CCC(C)CC4)cc3)C2)c1. The summed E-state index contributed by atoms with van der Waals surface area (Å²) in [5, 5.41) is 3.06. The molecule has 2 amide bonds. The topological polar surface area (TPSA) is 52.7 Å². The highest BCUT2D eigenvalue weighted by Gasteiger charge is 2.29. The van der Waals surface area contributed by atoms with Gasteiger partial charge in [0.2, 0.25) is 5.91 Å². The monoisotopic (exact) mass is 419 g/mol. The molecule has 2 aromatic carbocycles. The second-order valence-electron chi connectivity index (χ2n) is 9.17. The lowest BCUT2D eigenvalue weighted by atomic mass is 9.96. The van der Waals surface area contributed by atoms with Crippen molar-refractivity contribution in [3.8, 4) is 0 Å². The van der Waals surface area contributed by atoms with Crippen LogP contribution in [0.1, 0.15) is 48.5 Å². The van der Waals surface area contributed by atoms with Gasteiger partial charge in [0.1, 0.15) is 0 Å². The summed E-state index contributed by atoms with van der Waals surface area (Å²) in [6.45, 7) is 7.68. The van der Waals surface area contributed by atoms with E-state index in [2.05, 4.69) is 29.3 Å². The first kappa shape index (κ1) is 21.4. The summed E-state index contributed by atoms with van der Waals surface area (Å²) < 4.78 is 0. The van der Waals surface area contributed by atoms with Crippen molar-refractivity contribution in [3.05, 3.63) is 59.7 Å². The standard InChI is InChI=1S/C26H33N3O2/c1-19-12-15-28(16-13-19)24-10-8-23(9-11-24)27-25(30)22-7-4-14-29(18-22)26(31)21-6-3-5-20(2)17-21/h3,5-6,8-11,17,19,22H,4,7,12-16,18H2,1-2H3,(H,27,30)/t22-/m1/s1. The van der Waals surface area contributed by atoms with E-state index in [1.807, 2.05) is 48.2 Å². The second-order valence-corrected chi connectivity index (χ2v) is 9.17. The fourth-order valence-corrected chi connectivity index (χ4v) is 4.60. The molecule has 0 aromatic heterocycles. The molecule has 1 N–H and O–H groups in total. The molecule has 2 aliphatic rings. The Labute approximate surface area is 185 Å². The average Bonchev–Trinajstić information content (AvgIpc) is 2.80. The van der Waals surface area contributed by atoms with Crippen molar-refractivity contribution in [2.75, 3.05) is 36.4 Å². The molecule has 5 nitrogen and oxygen atoms in total. The minimum absolute atomic E-state index is 0.00119. The molecule has 2 saturated heterocycles. The first-order chi connectivity index (χ1) is 15.0. The van der Waals surface area contributed by atoms with Gasteiger partial charge in [-0.3, -0.25) is 9.59 Å². The Kier molecular flexibility index (Phi) is 6.59. The summed E-state index contributed by atoms with van der Waals surface area (Å²) >= 11 is 0. The molecule has 0 saturated carbocycles. The van der Waals surface area contributed by atoms with Gasteiger partial charge in [0.05, 0.1) is 5.92 Å². The van der Waals surface area contributed by atoms with Crippen LogP contribution >= 0.6 is 0 Å². The van der Waals surface area contributed by atoms with E-state index in [9.17, 15) is 9.59 Å². The van der Waals surface area contributed by atoms with Crippen LogP contribution < -0.4 is 10.2 Å². The maximum Gasteiger partial charge on any atom is 0.253 e. The van der Waals surface area contributed by atoms with Crippen LogP contribution in [0.15, 0.2) is 48.5 Å². The minimum Gasteiger partial charge on any atom is -0.372 e. The molecular formula is C26H33N3O2. The van der Waals surface area contributed by atoms with E-state index < -0.39 is 0 Å². The number of likely N-dealkylation sites (tertiary alicyclic amines) is 1. The van der Waals surface area contributed by atoms with E-state index in [0.717, 1.165) is 43.1 Å². The minimum atomic E-state index is -0.175. The molecule has 2 fully saturated rings. The van der Waals surface area contributed by atoms with Gasteiger partial charge in [-0.2, -0.15) is 0 Å². The number of rotatable bonds is 4. The molecule has 2 aliphatic heterocycles. The first-order valence-electron chi connectivity index (χ1n) is 11.5. The maximum atomic E-state index is 12.9.